The molecule has 2 aromatic heterocycles. The Balaban J connectivity index is 1.60. The second-order valence-electron chi connectivity index (χ2n) is 8.87. The normalized spacial score (nSPS) is 15.3. The number of esters is 1. The number of halogens is 1. The highest BCUT2D eigenvalue weighted by Gasteiger charge is 2.29. The maximum absolute atomic E-state index is 13.2. The zero-order chi connectivity index (χ0) is 26.2. The topological polar surface area (TPSA) is 110 Å². The second-order valence-corrected chi connectivity index (χ2v) is 12.6. The maximum atomic E-state index is 13.2. The van der Waals surface area contributed by atoms with Gasteiger partial charge in [0.1, 0.15) is 5.00 Å². The molecule has 0 bridgehead atoms. The number of para-hydroxylation sites is 2. The highest BCUT2D eigenvalue weighted by molar-refractivity contribution is 9.10. The molecular formula is C26H25BrN4O4S2. The molecule has 0 fully saturated rings. The van der Waals surface area contributed by atoms with Crippen LogP contribution in [0, 0.1) is 5.92 Å². The maximum Gasteiger partial charge on any atom is 0.341 e. The number of thiophene rings is 1. The first-order chi connectivity index (χ1) is 17.7. The fraction of sp³-hybridized carbons (Fsp3) is 0.269. The summed E-state index contributed by atoms with van der Waals surface area (Å²) < 4.78 is 35.2. The molecule has 192 valence electrons. The van der Waals surface area contributed by atoms with Gasteiger partial charge in [-0.15, -0.1) is 11.3 Å². The third-order valence-electron chi connectivity index (χ3n) is 6.15. The van der Waals surface area contributed by atoms with Crippen LogP contribution in [0.5, 0.6) is 0 Å². The third-order valence-corrected chi connectivity index (χ3v) is 9.20. The lowest BCUT2D eigenvalue weighted by Crippen LogP contribution is -2.16. The fourth-order valence-corrected chi connectivity index (χ4v) is 7.00. The zero-order valence-electron chi connectivity index (χ0n) is 20.2. The van der Waals surface area contributed by atoms with E-state index in [4.69, 9.17) is 4.74 Å². The zero-order valence-corrected chi connectivity index (χ0v) is 23.5. The van der Waals surface area contributed by atoms with Crippen molar-refractivity contribution in [2.45, 2.75) is 38.0 Å². The molecule has 0 amide bonds. The summed E-state index contributed by atoms with van der Waals surface area (Å²) in [6.45, 7) is 4.23. The van der Waals surface area contributed by atoms with Gasteiger partial charge in [0, 0.05) is 9.35 Å². The van der Waals surface area contributed by atoms with Gasteiger partial charge in [-0.05, 0) is 74.1 Å². The van der Waals surface area contributed by atoms with Crippen molar-refractivity contribution in [3.05, 3.63) is 69.0 Å². The van der Waals surface area contributed by atoms with Crippen LogP contribution in [-0.2, 0) is 27.6 Å². The number of nitrogens with one attached hydrogen (secondary N) is 2. The molecule has 2 aromatic carbocycles. The first kappa shape index (κ1) is 25.6. The average Bonchev–Trinajstić information content (AvgIpc) is 3.21. The number of rotatable bonds is 7. The minimum Gasteiger partial charge on any atom is -0.462 e. The summed E-state index contributed by atoms with van der Waals surface area (Å²) in [5.41, 5.74) is 2.61. The predicted octanol–water partition coefficient (Wildman–Crippen LogP) is 6.30. The molecule has 5 rings (SSSR count). The molecule has 0 saturated carbocycles. The third kappa shape index (κ3) is 5.34. The Morgan fingerprint density at radius 3 is 2.46 bits per heavy atom. The first-order valence-electron chi connectivity index (χ1n) is 11.9. The van der Waals surface area contributed by atoms with Crippen LogP contribution in [0.25, 0.3) is 11.0 Å². The highest BCUT2D eigenvalue weighted by atomic mass is 79.9. The van der Waals surface area contributed by atoms with E-state index in [0.717, 1.165) is 34.2 Å². The van der Waals surface area contributed by atoms with Crippen LogP contribution in [-0.4, -0.2) is 31.0 Å². The number of hydrogen-bond donors (Lipinski definition) is 2. The summed E-state index contributed by atoms with van der Waals surface area (Å²) in [6, 6.07) is 13.5. The Bertz CT molecular complexity index is 1590. The molecular weight excluding hydrogens is 576 g/mol. The number of carbonyl (C=O) groups excluding carboxylic acids is 1. The number of hydrogen-bond acceptors (Lipinski definition) is 8. The number of sulfonamides is 1. The SMILES string of the molecule is CCOC(=O)c1c(Nc2nc3ccccc3nc2NS(=O)(=O)c2ccc(Br)cc2)sc2c1CC[C@H](C)C2. The van der Waals surface area contributed by atoms with Gasteiger partial charge in [-0.3, -0.25) is 4.72 Å². The Kier molecular flexibility index (Phi) is 7.19. The van der Waals surface area contributed by atoms with Crippen molar-refractivity contribution in [1.82, 2.24) is 9.97 Å². The summed E-state index contributed by atoms with van der Waals surface area (Å²) in [6.07, 6.45) is 2.65. The largest absolute Gasteiger partial charge is 0.462 e. The lowest BCUT2D eigenvalue weighted by molar-refractivity contribution is 0.0526. The van der Waals surface area contributed by atoms with Crippen LogP contribution >= 0.6 is 27.3 Å². The molecule has 2 heterocycles. The van der Waals surface area contributed by atoms with E-state index < -0.39 is 16.0 Å². The van der Waals surface area contributed by atoms with Crippen molar-refractivity contribution < 1.29 is 17.9 Å². The molecule has 11 heteroatoms. The highest BCUT2D eigenvalue weighted by Crippen LogP contribution is 2.42. The van der Waals surface area contributed by atoms with Gasteiger partial charge >= 0.3 is 5.97 Å². The van der Waals surface area contributed by atoms with Crippen LogP contribution < -0.4 is 10.0 Å². The summed E-state index contributed by atoms with van der Waals surface area (Å²) in [4.78, 5) is 23.5. The van der Waals surface area contributed by atoms with Crippen LogP contribution in [0.3, 0.4) is 0 Å². The van der Waals surface area contributed by atoms with Gasteiger partial charge in [0.15, 0.2) is 11.6 Å². The number of carbonyl (C=O) groups is 1. The monoisotopic (exact) mass is 600 g/mol. The number of aromatic nitrogens is 2. The van der Waals surface area contributed by atoms with E-state index in [0.29, 0.717) is 27.5 Å². The van der Waals surface area contributed by atoms with E-state index in [-0.39, 0.29) is 23.1 Å². The van der Waals surface area contributed by atoms with E-state index >= 15 is 0 Å². The molecule has 1 atom stereocenters. The summed E-state index contributed by atoms with van der Waals surface area (Å²) >= 11 is 4.81. The predicted molar refractivity (Wildman–Crippen MR) is 149 cm³/mol. The standard InChI is InChI=1S/C26H25BrN4O4S2/c1-3-35-26(32)22-18-13-8-15(2)14-21(18)36-25(22)30-23-24(29-20-7-5-4-6-19(20)28-23)31-37(33,34)17-11-9-16(27)10-12-17/h4-7,9-12,15H,3,8,13-14H2,1-2H3,(H,28,30)(H,29,31)/t15-/m0/s1. The van der Waals surface area contributed by atoms with Crippen molar-refractivity contribution >= 4 is 70.9 Å². The molecule has 0 radical (unpaired) electrons. The Hall–Kier alpha value is -3.02. The Morgan fingerprint density at radius 1 is 1.11 bits per heavy atom. The van der Waals surface area contributed by atoms with Gasteiger partial charge in [0.2, 0.25) is 0 Å². The molecule has 0 saturated heterocycles. The lowest BCUT2D eigenvalue weighted by Gasteiger charge is -2.18. The molecule has 0 unspecified atom stereocenters. The van der Waals surface area contributed by atoms with Crippen molar-refractivity contribution in [2.75, 3.05) is 16.6 Å². The quantitative estimate of drug-likeness (QED) is 0.239. The van der Waals surface area contributed by atoms with Gasteiger partial charge in [0.05, 0.1) is 28.1 Å². The minimum absolute atomic E-state index is 0.0381. The number of nitrogens with zero attached hydrogens (tertiary/aromatic N) is 2. The van der Waals surface area contributed by atoms with E-state index in [1.807, 2.05) is 12.1 Å². The van der Waals surface area contributed by atoms with Crippen LogP contribution in [0.2, 0.25) is 0 Å². The number of ether oxygens (including phenoxy) is 1. The van der Waals surface area contributed by atoms with Crippen molar-refractivity contribution in [2.24, 2.45) is 5.92 Å². The van der Waals surface area contributed by atoms with Gasteiger partial charge < -0.3 is 10.1 Å². The van der Waals surface area contributed by atoms with E-state index in [1.165, 1.54) is 23.5 Å². The fourth-order valence-electron chi connectivity index (χ4n) is 4.32. The molecule has 0 aliphatic heterocycles. The number of benzene rings is 2. The summed E-state index contributed by atoms with van der Waals surface area (Å²) in [7, 11) is -3.96. The number of anilines is 3. The second kappa shape index (κ2) is 10.4. The van der Waals surface area contributed by atoms with E-state index in [9.17, 15) is 13.2 Å². The average molecular weight is 602 g/mol. The van der Waals surface area contributed by atoms with E-state index in [2.05, 4.69) is 42.9 Å². The van der Waals surface area contributed by atoms with Crippen LogP contribution in [0.15, 0.2) is 57.9 Å². The van der Waals surface area contributed by atoms with Crippen LogP contribution in [0.4, 0.5) is 16.6 Å². The summed E-state index contributed by atoms with van der Waals surface area (Å²) in [5, 5.41) is 3.81. The minimum atomic E-state index is -3.96. The van der Waals surface area contributed by atoms with Crippen molar-refractivity contribution in [3.63, 3.8) is 0 Å². The number of fused-ring (bicyclic) bond motifs is 2. The molecule has 2 N–H and O–H groups in total. The van der Waals surface area contributed by atoms with Gasteiger partial charge in [-0.1, -0.05) is 35.0 Å². The molecule has 8 nitrogen and oxygen atoms in total. The van der Waals surface area contributed by atoms with Crippen molar-refractivity contribution in [1.29, 1.82) is 0 Å². The summed E-state index contributed by atoms with van der Waals surface area (Å²) in [5.74, 6) is 0.360. The lowest BCUT2D eigenvalue weighted by atomic mass is 9.88. The van der Waals surface area contributed by atoms with Crippen molar-refractivity contribution in [3.8, 4) is 0 Å². The molecule has 0 spiro atoms. The Labute approximate surface area is 227 Å². The molecule has 1 aliphatic rings. The van der Waals surface area contributed by atoms with E-state index in [1.54, 1.807) is 31.2 Å². The molecule has 4 aromatic rings. The first-order valence-corrected chi connectivity index (χ1v) is 15.0. The van der Waals surface area contributed by atoms with Gasteiger partial charge in [0.25, 0.3) is 10.0 Å². The Morgan fingerprint density at radius 2 is 1.78 bits per heavy atom. The molecule has 37 heavy (non-hydrogen) atoms. The smallest absolute Gasteiger partial charge is 0.341 e. The van der Waals surface area contributed by atoms with Gasteiger partial charge in [-0.2, -0.15) is 0 Å². The molecule has 1 aliphatic carbocycles. The van der Waals surface area contributed by atoms with Crippen LogP contribution in [0.1, 0.15) is 41.1 Å². The van der Waals surface area contributed by atoms with Gasteiger partial charge in [-0.25, -0.2) is 23.2 Å².